The van der Waals surface area contributed by atoms with Crippen molar-refractivity contribution in [3.05, 3.63) is 29.6 Å². The van der Waals surface area contributed by atoms with Crippen molar-refractivity contribution in [1.82, 2.24) is 5.32 Å². The van der Waals surface area contributed by atoms with E-state index in [0.717, 1.165) is 25.7 Å². The molecule has 0 unspecified atom stereocenters. The van der Waals surface area contributed by atoms with E-state index in [4.69, 9.17) is 11.2 Å². The number of amides is 1. The quantitative estimate of drug-likeness (QED) is 0.858. The van der Waals surface area contributed by atoms with Gasteiger partial charge in [-0.15, -0.1) is 6.42 Å². The summed E-state index contributed by atoms with van der Waals surface area (Å²) in [6, 6.07) is 4.37. The normalized spacial score (nSPS) is 15.4. The number of ether oxygens (including phenoxy) is 1. The second kappa shape index (κ2) is 6.95. The molecular formula is C16H18FNO2. The molecule has 0 saturated heterocycles. The van der Waals surface area contributed by atoms with Gasteiger partial charge >= 0.3 is 0 Å². The number of terminal acetylenes is 1. The monoisotopic (exact) mass is 275 g/mol. The molecule has 1 N–H and O–H groups in total. The largest absolute Gasteiger partial charge is 0.478 e. The first kappa shape index (κ1) is 14.4. The van der Waals surface area contributed by atoms with E-state index in [1.165, 1.54) is 18.6 Å². The molecule has 2 rings (SSSR count). The van der Waals surface area contributed by atoms with Crippen LogP contribution in [0.4, 0.5) is 4.39 Å². The number of halogens is 1. The first-order valence-electron chi connectivity index (χ1n) is 6.87. The second-order valence-electron chi connectivity index (χ2n) is 4.95. The molecule has 0 heterocycles. The summed E-state index contributed by atoms with van der Waals surface area (Å²) in [5, 5.41) is 2.95. The average Bonchev–Trinajstić information content (AvgIpc) is 2.47. The van der Waals surface area contributed by atoms with Crippen LogP contribution in [0, 0.1) is 18.2 Å². The van der Waals surface area contributed by atoms with Gasteiger partial charge in [0.2, 0.25) is 0 Å². The van der Waals surface area contributed by atoms with Gasteiger partial charge in [0.15, 0.2) is 11.6 Å². The number of carbonyl (C=O) groups excluding carboxylic acids is 1. The zero-order valence-corrected chi connectivity index (χ0v) is 11.3. The topological polar surface area (TPSA) is 38.3 Å². The fraction of sp³-hybridized carbons (Fsp3) is 0.438. The highest BCUT2D eigenvalue weighted by atomic mass is 19.1. The van der Waals surface area contributed by atoms with Crippen LogP contribution in [0.1, 0.15) is 42.5 Å². The maximum Gasteiger partial charge on any atom is 0.251 e. The summed E-state index contributed by atoms with van der Waals surface area (Å²) in [6.07, 6.45) is 10.5. The predicted octanol–water partition coefficient (Wildman–Crippen LogP) is 2.90. The zero-order chi connectivity index (χ0) is 14.4. The highest BCUT2D eigenvalue weighted by Crippen LogP contribution is 2.20. The van der Waals surface area contributed by atoms with Gasteiger partial charge in [0.05, 0.1) is 0 Å². The number of carbonyl (C=O) groups is 1. The van der Waals surface area contributed by atoms with Gasteiger partial charge in [-0.1, -0.05) is 25.2 Å². The number of hydrogen-bond donors (Lipinski definition) is 1. The first-order valence-corrected chi connectivity index (χ1v) is 6.87. The Morgan fingerprint density at radius 1 is 1.40 bits per heavy atom. The summed E-state index contributed by atoms with van der Waals surface area (Å²) in [4.78, 5) is 12.0. The molecule has 0 radical (unpaired) electrons. The van der Waals surface area contributed by atoms with Gasteiger partial charge < -0.3 is 10.1 Å². The van der Waals surface area contributed by atoms with E-state index >= 15 is 0 Å². The van der Waals surface area contributed by atoms with Crippen molar-refractivity contribution in [2.24, 2.45) is 0 Å². The third kappa shape index (κ3) is 3.74. The molecule has 0 aromatic heterocycles. The highest BCUT2D eigenvalue weighted by molar-refractivity contribution is 5.94. The summed E-state index contributed by atoms with van der Waals surface area (Å²) in [6.45, 7) is 0.00450. The van der Waals surface area contributed by atoms with Gasteiger partial charge in [-0.3, -0.25) is 4.79 Å². The van der Waals surface area contributed by atoms with E-state index in [1.54, 1.807) is 6.07 Å². The summed E-state index contributed by atoms with van der Waals surface area (Å²) >= 11 is 0. The predicted molar refractivity (Wildman–Crippen MR) is 75.1 cm³/mol. The van der Waals surface area contributed by atoms with Crippen molar-refractivity contribution in [2.75, 3.05) is 6.61 Å². The van der Waals surface area contributed by atoms with Gasteiger partial charge in [0, 0.05) is 11.6 Å². The molecule has 0 aliphatic heterocycles. The molecule has 0 atom stereocenters. The molecule has 1 aromatic carbocycles. The number of benzene rings is 1. The molecule has 1 fully saturated rings. The van der Waals surface area contributed by atoms with Crippen molar-refractivity contribution < 1.29 is 13.9 Å². The van der Waals surface area contributed by atoms with Crippen LogP contribution in [0.25, 0.3) is 0 Å². The lowest BCUT2D eigenvalue weighted by atomic mass is 9.95. The van der Waals surface area contributed by atoms with E-state index in [1.807, 2.05) is 0 Å². The van der Waals surface area contributed by atoms with Crippen molar-refractivity contribution >= 4 is 5.91 Å². The molecule has 1 aromatic rings. The third-order valence-corrected chi connectivity index (χ3v) is 3.45. The Hall–Kier alpha value is -2.02. The Labute approximate surface area is 118 Å². The van der Waals surface area contributed by atoms with Gasteiger partial charge in [-0.05, 0) is 31.0 Å². The van der Waals surface area contributed by atoms with Crippen molar-refractivity contribution in [1.29, 1.82) is 0 Å². The molecule has 4 heteroatoms. The number of nitrogens with one attached hydrogen (secondary N) is 1. The molecule has 1 saturated carbocycles. The van der Waals surface area contributed by atoms with Crippen LogP contribution in [-0.2, 0) is 0 Å². The summed E-state index contributed by atoms with van der Waals surface area (Å²) < 4.78 is 18.8. The molecule has 20 heavy (non-hydrogen) atoms. The fourth-order valence-electron chi connectivity index (χ4n) is 2.39. The molecule has 106 valence electrons. The van der Waals surface area contributed by atoms with Crippen molar-refractivity contribution in [3.8, 4) is 18.1 Å². The Bertz CT molecular complexity index is 516. The SMILES string of the molecule is C#CCOc1ccc(C(=O)NC2CCCCC2)cc1F. The first-order chi connectivity index (χ1) is 9.70. The number of rotatable bonds is 4. The van der Waals surface area contributed by atoms with Gasteiger partial charge in [-0.2, -0.15) is 0 Å². The molecule has 1 aliphatic rings. The molecule has 1 aliphatic carbocycles. The minimum absolute atomic E-state index is 0.00450. The molecule has 3 nitrogen and oxygen atoms in total. The van der Waals surface area contributed by atoms with Crippen LogP contribution < -0.4 is 10.1 Å². The van der Waals surface area contributed by atoms with Crippen LogP contribution in [0.5, 0.6) is 5.75 Å². The molecule has 1 amide bonds. The zero-order valence-electron chi connectivity index (χ0n) is 11.3. The van der Waals surface area contributed by atoms with Gasteiger partial charge in [-0.25, -0.2) is 4.39 Å². The smallest absolute Gasteiger partial charge is 0.251 e. The summed E-state index contributed by atoms with van der Waals surface area (Å²) in [5.41, 5.74) is 0.307. The summed E-state index contributed by atoms with van der Waals surface area (Å²) in [5.74, 6) is 1.52. The number of hydrogen-bond acceptors (Lipinski definition) is 2. The lowest BCUT2D eigenvalue weighted by Crippen LogP contribution is -2.36. The molecule has 0 bridgehead atoms. The van der Waals surface area contributed by atoms with Crippen LogP contribution in [0.2, 0.25) is 0 Å². The minimum atomic E-state index is -0.573. The minimum Gasteiger partial charge on any atom is -0.478 e. The van der Waals surface area contributed by atoms with E-state index < -0.39 is 5.82 Å². The van der Waals surface area contributed by atoms with E-state index in [2.05, 4.69) is 11.2 Å². The van der Waals surface area contributed by atoms with E-state index in [0.29, 0.717) is 5.56 Å². The molecule has 0 spiro atoms. The highest BCUT2D eigenvalue weighted by Gasteiger charge is 2.17. The lowest BCUT2D eigenvalue weighted by Gasteiger charge is -2.22. The maximum absolute atomic E-state index is 13.7. The fourth-order valence-corrected chi connectivity index (χ4v) is 2.39. The van der Waals surface area contributed by atoms with Gasteiger partial charge in [0.25, 0.3) is 5.91 Å². The van der Waals surface area contributed by atoms with Crippen LogP contribution in [0.15, 0.2) is 18.2 Å². The Kier molecular flexibility index (Phi) is 5.00. The molecular weight excluding hydrogens is 257 g/mol. The summed E-state index contributed by atoms with van der Waals surface area (Å²) in [7, 11) is 0. The van der Waals surface area contributed by atoms with Gasteiger partial charge in [0.1, 0.15) is 6.61 Å². The van der Waals surface area contributed by atoms with Crippen molar-refractivity contribution in [3.63, 3.8) is 0 Å². The van der Waals surface area contributed by atoms with E-state index in [9.17, 15) is 9.18 Å². The lowest BCUT2D eigenvalue weighted by molar-refractivity contribution is 0.0927. The average molecular weight is 275 g/mol. The second-order valence-corrected chi connectivity index (χ2v) is 4.95. The Morgan fingerprint density at radius 2 is 2.15 bits per heavy atom. The van der Waals surface area contributed by atoms with Crippen LogP contribution >= 0.6 is 0 Å². The maximum atomic E-state index is 13.7. The van der Waals surface area contributed by atoms with Crippen molar-refractivity contribution in [2.45, 2.75) is 38.1 Å². The van der Waals surface area contributed by atoms with E-state index in [-0.39, 0.29) is 24.3 Å². The Balaban J connectivity index is 1.99. The standard InChI is InChI=1S/C16H18FNO2/c1-2-10-20-15-9-8-12(11-14(15)17)16(19)18-13-6-4-3-5-7-13/h1,8-9,11,13H,3-7,10H2,(H,18,19). The van der Waals surface area contributed by atoms with Crippen LogP contribution in [0.3, 0.4) is 0 Å². The Morgan fingerprint density at radius 3 is 2.80 bits per heavy atom. The third-order valence-electron chi connectivity index (χ3n) is 3.45. The van der Waals surface area contributed by atoms with Crippen LogP contribution in [-0.4, -0.2) is 18.6 Å².